The van der Waals surface area contributed by atoms with Crippen molar-refractivity contribution in [1.29, 1.82) is 0 Å². The predicted octanol–water partition coefficient (Wildman–Crippen LogP) is 4.33. The summed E-state index contributed by atoms with van der Waals surface area (Å²) >= 11 is 0. The SMILES string of the molecule is COCOC(=O)CN(c1ccc(C(F)(F)F)cc1OCc1ccc(C(=O)O)cc1)S(=O)(=O)c1ccccc1. The minimum Gasteiger partial charge on any atom is -0.487 e. The van der Waals surface area contributed by atoms with Gasteiger partial charge in [0.1, 0.15) is 18.9 Å². The van der Waals surface area contributed by atoms with E-state index in [2.05, 4.69) is 4.74 Å². The highest BCUT2D eigenvalue weighted by Crippen LogP contribution is 2.39. The maximum Gasteiger partial charge on any atom is 0.416 e. The van der Waals surface area contributed by atoms with Crippen LogP contribution in [0.25, 0.3) is 0 Å². The van der Waals surface area contributed by atoms with Gasteiger partial charge in [-0.2, -0.15) is 13.2 Å². The van der Waals surface area contributed by atoms with Gasteiger partial charge in [0, 0.05) is 7.11 Å². The van der Waals surface area contributed by atoms with Gasteiger partial charge >= 0.3 is 18.1 Å². The van der Waals surface area contributed by atoms with E-state index < -0.39 is 52.8 Å². The zero-order valence-corrected chi connectivity index (χ0v) is 20.7. The number of methoxy groups -OCH3 is 1. The molecule has 1 N–H and O–H groups in total. The second-order valence-electron chi connectivity index (χ2n) is 7.72. The average molecular weight is 554 g/mol. The molecule has 0 bridgehead atoms. The van der Waals surface area contributed by atoms with E-state index in [1.807, 2.05) is 0 Å². The molecule has 0 fully saturated rings. The Morgan fingerprint density at radius 2 is 1.63 bits per heavy atom. The summed E-state index contributed by atoms with van der Waals surface area (Å²) in [7, 11) is -3.23. The molecule has 3 rings (SSSR count). The molecule has 3 aromatic carbocycles. The lowest BCUT2D eigenvalue weighted by Gasteiger charge is -2.26. The van der Waals surface area contributed by atoms with Gasteiger partial charge in [0.15, 0.2) is 6.79 Å². The van der Waals surface area contributed by atoms with Crippen LogP contribution in [0, 0.1) is 0 Å². The van der Waals surface area contributed by atoms with Crippen molar-refractivity contribution in [2.24, 2.45) is 0 Å². The first kappa shape index (κ1) is 28.5. The molecular formula is C25H22F3NO8S. The number of alkyl halides is 3. The van der Waals surface area contributed by atoms with Crippen LogP contribution in [0.15, 0.2) is 77.7 Å². The van der Waals surface area contributed by atoms with Gasteiger partial charge in [0.05, 0.1) is 21.7 Å². The Kier molecular flexibility index (Phi) is 8.96. The van der Waals surface area contributed by atoms with E-state index in [4.69, 9.17) is 14.6 Å². The summed E-state index contributed by atoms with van der Waals surface area (Å²) in [5.41, 5.74) is -1.08. The number of benzene rings is 3. The fraction of sp³-hybridized carbons (Fsp3) is 0.200. The monoisotopic (exact) mass is 553 g/mol. The van der Waals surface area contributed by atoms with Crippen molar-refractivity contribution in [3.63, 3.8) is 0 Å². The van der Waals surface area contributed by atoms with Crippen LogP contribution in [0.2, 0.25) is 0 Å². The molecule has 0 saturated carbocycles. The largest absolute Gasteiger partial charge is 0.487 e. The lowest BCUT2D eigenvalue weighted by atomic mass is 10.1. The van der Waals surface area contributed by atoms with Crippen LogP contribution in [0.3, 0.4) is 0 Å². The molecule has 0 atom stereocenters. The van der Waals surface area contributed by atoms with Crippen molar-refractivity contribution in [2.45, 2.75) is 17.7 Å². The number of aromatic carboxylic acids is 1. The quantitative estimate of drug-likeness (QED) is 0.275. The number of nitrogens with zero attached hydrogens (tertiary/aromatic N) is 1. The molecule has 202 valence electrons. The van der Waals surface area contributed by atoms with Crippen LogP contribution < -0.4 is 9.04 Å². The second kappa shape index (κ2) is 12.0. The maximum absolute atomic E-state index is 13.5. The molecule has 0 radical (unpaired) electrons. The summed E-state index contributed by atoms with van der Waals surface area (Å²) in [6.45, 7) is -1.70. The predicted molar refractivity (Wildman–Crippen MR) is 128 cm³/mol. The van der Waals surface area contributed by atoms with E-state index in [0.29, 0.717) is 22.0 Å². The molecule has 0 saturated heterocycles. The molecule has 0 unspecified atom stereocenters. The van der Waals surface area contributed by atoms with E-state index >= 15 is 0 Å². The van der Waals surface area contributed by atoms with Crippen molar-refractivity contribution in [3.05, 3.63) is 89.5 Å². The fourth-order valence-corrected chi connectivity index (χ4v) is 4.66. The molecule has 0 heterocycles. The number of carbonyl (C=O) groups excluding carboxylic acids is 1. The van der Waals surface area contributed by atoms with Gasteiger partial charge in [-0.3, -0.25) is 9.10 Å². The normalized spacial score (nSPS) is 11.6. The molecular weight excluding hydrogens is 531 g/mol. The summed E-state index contributed by atoms with van der Waals surface area (Å²) in [5, 5.41) is 9.04. The van der Waals surface area contributed by atoms with Gasteiger partial charge in [-0.25, -0.2) is 13.2 Å². The molecule has 0 aliphatic rings. The van der Waals surface area contributed by atoms with Gasteiger partial charge in [-0.05, 0) is 48.0 Å². The van der Waals surface area contributed by atoms with Gasteiger partial charge in [-0.15, -0.1) is 0 Å². The third-order valence-electron chi connectivity index (χ3n) is 5.09. The Bertz CT molecular complexity index is 1380. The lowest BCUT2D eigenvalue weighted by Crippen LogP contribution is -2.37. The van der Waals surface area contributed by atoms with Crippen LogP contribution in [-0.4, -0.2) is 45.9 Å². The second-order valence-corrected chi connectivity index (χ2v) is 9.58. The molecule has 38 heavy (non-hydrogen) atoms. The summed E-state index contributed by atoms with van der Waals surface area (Å²) < 4.78 is 83.2. The number of carbonyl (C=O) groups is 2. The first-order valence-electron chi connectivity index (χ1n) is 10.8. The Hall–Kier alpha value is -4.10. The number of ether oxygens (including phenoxy) is 3. The van der Waals surface area contributed by atoms with E-state index in [1.165, 1.54) is 55.6 Å². The van der Waals surface area contributed by atoms with Crippen LogP contribution in [0.5, 0.6) is 5.75 Å². The molecule has 0 amide bonds. The minimum absolute atomic E-state index is 0.0109. The standard InChI is InChI=1S/C25H22F3NO8S/c1-35-16-37-23(30)14-29(38(33,34)20-5-3-2-4-6-20)21-12-11-19(25(26,27)28)13-22(21)36-15-17-7-9-18(10-8-17)24(31)32/h2-13H,14-16H2,1H3,(H,31,32). The Morgan fingerprint density at radius 3 is 2.21 bits per heavy atom. The zero-order valence-electron chi connectivity index (χ0n) is 19.8. The topological polar surface area (TPSA) is 119 Å². The van der Waals surface area contributed by atoms with Crippen molar-refractivity contribution < 1.29 is 50.5 Å². The van der Waals surface area contributed by atoms with E-state index in [1.54, 1.807) is 6.07 Å². The number of carboxylic acids is 1. The first-order valence-corrected chi connectivity index (χ1v) is 12.3. The molecule has 0 spiro atoms. The number of sulfonamides is 1. The average Bonchev–Trinajstić information content (AvgIpc) is 2.89. The van der Waals surface area contributed by atoms with Gasteiger partial charge in [-0.1, -0.05) is 30.3 Å². The maximum atomic E-state index is 13.5. The van der Waals surface area contributed by atoms with E-state index in [-0.39, 0.29) is 22.8 Å². The van der Waals surface area contributed by atoms with Crippen molar-refractivity contribution in [1.82, 2.24) is 0 Å². The first-order chi connectivity index (χ1) is 17.9. The van der Waals surface area contributed by atoms with Gasteiger partial charge < -0.3 is 19.3 Å². The number of halogens is 3. The van der Waals surface area contributed by atoms with Crippen LogP contribution in [-0.2, 0) is 37.1 Å². The van der Waals surface area contributed by atoms with Crippen LogP contribution in [0.4, 0.5) is 18.9 Å². The fourth-order valence-electron chi connectivity index (χ4n) is 3.22. The lowest BCUT2D eigenvalue weighted by molar-refractivity contribution is -0.152. The Balaban J connectivity index is 2.07. The molecule has 0 aliphatic heterocycles. The van der Waals surface area contributed by atoms with Gasteiger partial charge in [0.25, 0.3) is 10.0 Å². The highest BCUT2D eigenvalue weighted by Gasteiger charge is 2.34. The highest BCUT2D eigenvalue weighted by molar-refractivity contribution is 7.92. The molecule has 9 nitrogen and oxygen atoms in total. The highest BCUT2D eigenvalue weighted by atomic mass is 32.2. The molecule has 3 aromatic rings. The molecule has 13 heteroatoms. The number of anilines is 1. The van der Waals surface area contributed by atoms with Crippen LogP contribution in [0.1, 0.15) is 21.5 Å². The summed E-state index contributed by atoms with van der Waals surface area (Å²) in [6, 6.07) is 14.5. The summed E-state index contributed by atoms with van der Waals surface area (Å²) in [5.74, 6) is -2.68. The number of hydrogen-bond donors (Lipinski definition) is 1. The van der Waals surface area contributed by atoms with Crippen molar-refractivity contribution >= 4 is 27.6 Å². The van der Waals surface area contributed by atoms with Gasteiger partial charge in [0.2, 0.25) is 0 Å². The number of rotatable bonds is 11. The number of esters is 1. The minimum atomic E-state index is -4.78. The third kappa shape index (κ3) is 7.01. The molecule has 0 aliphatic carbocycles. The number of carboxylic acid groups (broad SMARTS) is 1. The Morgan fingerprint density at radius 1 is 0.974 bits per heavy atom. The smallest absolute Gasteiger partial charge is 0.416 e. The van der Waals surface area contributed by atoms with E-state index in [9.17, 15) is 31.2 Å². The summed E-state index contributed by atoms with van der Waals surface area (Å²) in [4.78, 5) is 23.2. The van der Waals surface area contributed by atoms with E-state index in [0.717, 1.165) is 6.07 Å². The molecule has 0 aromatic heterocycles. The van der Waals surface area contributed by atoms with Crippen molar-refractivity contribution in [2.75, 3.05) is 24.8 Å². The van der Waals surface area contributed by atoms with Crippen LogP contribution >= 0.6 is 0 Å². The summed E-state index contributed by atoms with van der Waals surface area (Å²) in [6.07, 6.45) is -4.78. The number of hydrogen-bond acceptors (Lipinski definition) is 7. The van der Waals surface area contributed by atoms with Crippen molar-refractivity contribution in [3.8, 4) is 5.75 Å². The third-order valence-corrected chi connectivity index (χ3v) is 6.87. The zero-order chi connectivity index (χ0) is 27.9. The Labute approximate surface area is 216 Å².